The molecule has 0 spiro atoms. The molecule has 1 amide bonds. The molecule has 1 aliphatic heterocycles. The summed E-state index contributed by atoms with van der Waals surface area (Å²) in [6, 6.07) is 22.8. The summed E-state index contributed by atoms with van der Waals surface area (Å²) >= 11 is 0. The molecule has 0 unspecified atom stereocenters. The summed E-state index contributed by atoms with van der Waals surface area (Å²) in [6.45, 7) is 3.99. The quantitative estimate of drug-likeness (QED) is 0.289. The van der Waals surface area contributed by atoms with Crippen molar-refractivity contribution in [3.8, 4) is 0 Å². The predicted octanol–water partition coefficient (Wildman–Crippen LogP) is 5.22. The first-order valence-corrected chi connectivity index (χ1v) is 12.0. The molecule has 0 aromatic heterocycles. The van der Waals surface area contributed by atoms with E-state index < -0.39 is 0 Å². The second-order valence-electron chi connectivity index (χ2n) is 8.98. The summed E-state index contributed by atoms with van der Waals surface area (Å²) < 4.78 is 5.36. The fourth-order valence-electron chi connectivity index (χ4n) is 4.76. The van der Waals surface area contributed by atoms with Crippen LogP contribution in [0.15, 0.2) is 72.8 Å². The van der Waals surface area contributed by atoms with E-state index in [4.69, 9.17) is 4.74 Å². The maximum atomic E-state index is 13.2. The minimum absolute atomic E-state index is 0.00301. The van der Waals surface area contributed by atoms with E-state index in [1.54, 1.807) is 6.92 Å². The van der Waals surface area contributed by atoms with Gasteiger partial charge in [-0.05, 0) is 52.6 Å². The molecule has 0 bridgehead atoms. The van der Waals surface area contributed by atoms with Crippen molar-refractivity contribution < 1.29 is 19.1 Å². The number of aryl methyl sites for hydroxylation is 1. The molecule has 5 heteroatoms. The molecular weight excluding hydrogens is 438 g/mol. The molecule has 0 radical (unpaired) electrons. The highest BCUT2D eigenvalue weighted by Gasteiger charge is 2.18. The molecule has 5 rings (SSSR count). The Morgan fingerprint density at radius 3 is 2.23 bits per heavy atom. The number of rotatable bonds is 6. The second kappa shape index (κ2) is 9.80. The fraction of sp³-hybridized carbons (Fsp3) is 0.233. The molecule has 35 heavy (non-hydrogen) atoms. The van der Waals surface area contributed by atoms with E-state index >= 15 is 0 Å². The van der Waals surface area contributed by atoms with Gasteiger partial charge in [-0.3, -0.25) is 14.4 Å². The molecule has 0 aliphatic carbocycles. The zero-order valence-electron chi connectivity index (χ0n) is 19.8. The topological polar surface area (TPSA) is 63.7 Å². The SMILES string of the molecule is CC(=O)c1ccc2cc(CCC(=O)N3CCOCC3)c3ccc(C(=O)c4ccccc4)cc3c2c1. The molecule has 0 saturated carbocycles. The van der Waals surface area contributed by atoms with E-state index in [2.05, 4.69) is 6.07 Å². The van der Waals surface area contributed by atoms with Crippen molar-refractivity contribution in [3.63, 3.8) is 0 Å². The number of hydrogen-bond acceptors (Lipinski definition) is 4. The normalized spacial score (nSPS) is 13.8. The van der Waals surface area contributed by atoms with Crippen LogP contribution in [0.2, 0.25) is 0 Å². The number of carbonyl (C=O) groups is 3. The number of morpholine rings is 1. The standard InChI is InChI=1S/C30H27NO4/c1-20(32)22-7-8-24-17-23(10-12-29(33)31-13-15-35-16-14-31)26-11-9-25(19-28(26)27(24)18-22)30(34)21-5-3-2-4-6-21/h2-9,11,17-19H,10,12-16H2,1H3. The highest BCUT2D eigenvalue weighted by atomic mass is 16.5. The minimum atomic E-state index is -0.0451. The molecule has 4 aromatic rings. The van der Waals surface area contributed by atoms with Crippen molar-refractivity contribution >= 4 is 39.0 Å². The number of carbonyl (C=O) groups excluding carboxylic acids is 3. The molecule has 1 fully saturated rings. The van der Waals surface area contributed by atoms with Gasteiger partial charge < -0.3 is 9.64 Å². The molecule has 1 heterocycles. The zero-order valence-corrected chi connectivity index (χ0v) is 19.8. The maximum Gasteiger partial charge on any atom is 0.223 e. The third-order valence-electron chi connectivity index (χ3n) is 6.72. The van der Waals surface area contributed by atoms with Gasteiger partial charge in [0.1, 0.15) is 0 Å². The van der Waals surface area contributed by atoms with Crippen LogP contribution in [0.1, 0.15) is 45.2 Å². The van der Waals surface area contributed by atoms with Crippen LogP contribution in [0.4, 0.5) is 0 Å². The summed E-state index contributed by atoms with van der Waals surface area (Å²) in [5, 5.41) is 3.83. The molecule has 0 atom stereocenters. The van der Waals surface area contributed by atoms with Crippen molar-refractivity contribution in [1.82, 2.24) is 4.90 Å². The second-order valence-corrected chi connectivity index (χ2v) is 8.98. The van der Waals surface area contributed by atoms with Gasteiger partial charge in [0.15, 0.2) is 11.6 Å². The van der Waals surface area contributed by atoms with Gasteiger partial charge in [-0.25, -0.2) is 0 Å². The first-order chi connectivity index (χ1) is 17.0. The van der Waals surface area contributed by atoms with E-state index in [0.29, 0.717) is 55.8 Å². The summed E-state index contributed by atoms with van der Waals surface area (Å²) in [6.07, 6.45) is 1.01. The predicted molar refractivity (Wildman–Crippen MR) is 137 cm³/mol. The van der Waals surface area contributed by atoms with Crippen LogP contribution in [0.3, 0.4) is 0 Å². The number of nitrogens with zero attached hydrogens (tertiary/aromatic N) is 1. The van der Waals surface area contributed by atoms with E-state index in [-0.39, 0.29) is 17.5 Å². The van der Waals surface area contributed by atoms with Crippen molar-refractivity contribution in [2.75, 3.05) is 26.3 Å². The van der Waals surface area contributed by atoms with Crippen LogP contribution in [0, 0.1) is 0 Å². The van der Waals surface area contributed by atoms with E-state index in [9.17, 15) is 14.4 Å². The zero-order chi connectivity index (χ0) is 24.4. The molecule has 1 aliphatic rings. The van der Waals surface area contributed by atoms with Crippen molar-refractivity contribution in [2.24, 2.45) is 0 Å². The van der Waals surface area contributed by atoms with Gasteiger partial charge in [0.2, 0.25) is 5.91 Å². The van der Waals surface area contributed by atoms with Crippen LogP contribution in [0.5, 0.6) is 0 Å². The van der Waals surface area contributed by atoms with E-state index in [0.717, 1.165) is 27.1 Å². The number of Topliss-reactive ketones (excluding diaryl/α,β-unsaturated/α-hetero) is 1. The van der Waals surface area contributed by atoms with Gasteiger partial charge >= 0.3 is 0 Å². The lowest BCUT2D eigenvalue weighted by Crippen LogP contribution is -2.40. The summed E-state index contributed by atoms with van der Waals surface area (Å²) in [5.74, 6) is 0.0809. The number of fused-ring (bicyclic) bond motifs is 3. The van der Waals surface area contributed by atoms with Crippen molar-refractivity contribution in [3.05, 3.63) is 95.1 Å². The Labute approximate surface area is 204 Å². The van der Waals surface area contributed by atoms with Crippen molar-refractivity contribution in [2.45, 2.75) is 19.8 Å². The average Bonchev–Trinajstić information content (AvgIpc) is 2.91. The van der Waals surface area contributed by atoms with E-state index in [1.807, 2.05) is 71.6 Å². The summed E-state index contributed by atoms with van der Waals surface area (Å²) in [7, 11) is 0. The maximum absolute atomic E-state index is 13.2. The molecule has 176 valence electrons. The first-order valence-electron chi connectivity index (χ1n) is 12.0. The van der Waals surface area contributed by atoms with Crippen LogP contribution in [0.25, 0.3) is 21.5 Å². The van der Waals surface area contributed by atoms with Gasteiger partial charge in [-0.1, -0.05) is 60.7 Å². The molecule has 0 N–H and O–H groups in total. The minimum Gasteiger partial charge on any atom is -0.378 e. The van der Waals surface area contributed by atoms with Gasteiger partial charge in [-0.15, -0.1) is 0 Å². The van der Waals surface area contributed by atoms with Crippen molar-refractivity contribution in [1.29, 1.82) is 0 Å². The van der Waals surface area contributed by atoms with Crippen LogP contribution in [-0.2, 0) is 16.0 Å². The first kappa shape index (κ1) is 22.9. The lowest BCUT2D eigenvalue weighted by molar-refractivity contribution is -0.135. The highest BCUT2D eigenvalue weighted by Crippen LogP contribution is 2.32. The smallest absolute Gasteiger partial charge is 0.223 e. The molecular formula is C30H27NO4. The molecule has 1 saturated heterocycles. The highest BCUT2D eigenvalue weighted by molar-refractivity contribution is 6.16. The van der Waals surface area contributed by atoms with Gasteiger partial charge in [0, 0.05) is 36.2 Å². The third-order valence-corrected chi connectivity index (χ3v) is 6.72. The Hall–Kier alpha value is -3.83. The average molecular weight is 466 g/mol. The van der Waals surface area contributed by atoms with Gasteiger partial charge in [-0.2, -0.15) is 0 Å². The monoisotopic (exact) mass is 465 g/mol. The van der Waals surface area contributed by atoms with Gasteiger partial charge in [0.05, 0.1) is 13.2 Å². The van der Waals surface area contributed by atoms with Crippen LogP contribution < -0.4 is 0 Å². The number of amides is 1. The Morgan fingerprint density at radius 1 is 0.771 bits per heavy atom. The van der Waals surface area contributed by atoms with Crippen LogP contribution >= 0.6 is 0 Å². The Morgan fingerprint density at radius 2 is 1.49 bits per heavy atom. The Balaban J connectivity index is 1.58. The fourth-order valence-corrected chi connectivity index (χ4v) is 4.76. The lowest BCUT2D eigenvalue weighted by Gasteiger charge is -2.27. The summed E-state index contributed by atoms with van der Waals surface area (Å²) in [5.41, 5.74) is 2.92. The third kappa shape index (κ3) is 4.73. The number of hydrogen-bond donors (Lipinski definition) is 0. The van der Waals surface area contributed by atoms with Crippen LogP contribution in [-0.4, -0.2) is 48.7 Å². The number of benzene rings is 4. The number of ether oxygens (including phenoxy) is 1. The Kier molecular flexibility index (Phi) is 6.43. The largest absolute Gasteiger partial charge is 0.378 e. The lowest BCUT2D eigenvalue weighted by atomic mass is 9.91. The van der Waals surface area contributed by atoms with E-state index in [1.165, 1.54) is 0 Å². The molecule has 4 aromatic carbocycles. The number of ketones is 2. The summed E-state index contributed by atoms with van der Waals surface area (Å²) in [4.78, 5) is 39.9. The molecule has 5 nitrogen and oxygen atoms in total. The van der Waals surface area contributed by atoms with Gasteiger partial charge in [0.25, 0.3) is 0 Å². The Bertz CT molecular complexity index is 1440.